The van der Waals surface area contributed by atoms with Crippen LogP contribution in [0.2, 0.25) is 0 Å². The van der Waals surface area contributed by atoms with Crippen molar-refractivity contribution in [2.24, 2.45) is 11.7 Å². The van der Waals surface area contributed by atoms with Crippen LogP contribution in [0.3, 0.4) is 0 Å². The lowest BCUT2D eigenvalue weighted by molar-refractivity contribution is -0.156. The first-order valence-corrected chi connectivity index (χ1v) is 11.5. The summed E-state index contributed by atoms with van der Waals surface area (Å²) >= 11 is 0. The number of carboxylic acid groups (broad SMARTS) is 1. The number of ether oxygens (including phenoxy) is 5. The van der Waals surface area contributed by atoms with E-state index in [2.05, 4.69) is 0 Å². The molecular formula is C24H35NO10. The van der Waals surface area contributed by atoms with E-state index in [1.807, 2.05) is 6.92 Å². The molecule has 1 rings (SSSR count). The number of rotatable bonds is 13. The molecule has 0 saturated carbocycles. The van der Waals surface area contributed by atoms with E-state index in [4.69, 9.17) is 29.4 Å². The molecule has 0 amide bonds. The third-order valence-electron chi connectivity index (χ3n) is 4.96. The van der Waals surface area contributed by atoms with Crippen LogP contribution in [0.15, 0.2) is 18.2 Å². The summed E-state index contributed by atoms with van der Waals surface area (Å²) < 4.78 is 25.0. The van der Waals surface area contributed by atoms with Gasteiger partial charge in [0.2, 0.25) is 0 Å². The van der Waals surface area contributed by atoms with E-state index in [1.54, 1.807) is 27.7 Å². The van der Waals surface area contributed by atoms with E-state index in [1.165, 1.54) is 18.2 Å². The van der Waals surface area contributed by atoms with Crippen LogP contribution in [0.1, 0.15) is 59.4 Å². The standard InChI is InChI=1S/C24H35NO10/c1-6-9-15(4)20(26)33-16(5)13-24(25,21(27)28)14-17-10-11-18(34-22(29)31-7-2)19(12-17)35-23(30)32-8-3/h10-12,15-16H,6-9,13-14,25H2,1-5H3,(H,27,28)/t15?,16-,24?/m0/s1. The maximum absolute atomic E-state index is 12.2. The van der Waals surface area contributed by atoms with Crippen LogP contribution in [0.4, 0.5) is 9.59 Å². The Morgan fingerprint density at radius 1 is 0.971 bits per heavy atom. The number of carbonyl (C=O) groups is 4. The van der Waals surface area contributed by atoms with E-state index >= 15 is 0 Å². The molecule has 0 aromatic heterocycles. The van der Waals surface area contributed by atoms with Crippen molar-refractivity contribution in [2.75, 3.05) is 13.2 Å². The summed E-state index contributed by atoms with van der Waals surface area (Å²) in [6, 6.07) is 4.10. The van der Waals surface area contributed by atoms with Gasteiger partial charge in [0.1, 0.15) is 11.6 Å². The van der Waals surface area contributed by atoms with Gasteiger partial charge in [-0.15, -0.1) is 0 Å². The fraction of sp³-hybridized carbons (Fsp3) is 0.583. The van der Waals surface area contributed by atoms with Crippen LogP contribution >= 0.6 is 0 Å². The minimum atomic E-state index is -1.81. The van der Waals surface area contributed by atoms with Crippen molar-refractivity contribution in [3.63, 3.8) is 0 Å². The van der Waals surface area contributed by atoms with Gasteiger partial charge in [-0.05, 0) is 44.9 Å². The molecule has 35 heavy (non-hydrogen) atoms. The SMILES string of the molecule is CCCC(C)C(=O)O[C@@H](C)CC(N)(Cc1ccc(OC(=O)OCC)c(OC(=O)OCC)c1)C(=O)O. The fourth-order valence-corrected chi connectivity index (χ4v) is 3.32. The van der Waals surface area contributed by atoms with Crippen molar-refractivity contribution >= 4 is 24.2 Å². The van der Waals surface area contributed by atoms with Crippen molar-refractivity contribution in [1.82, 2.24) is 0 Å². The zero-order chi connectivity index (χ0) is 26.6. The second-order valence-electron chi connectivity index (χ2n) is 8.13. The van der Waals surface area contributed by atoms with Crippen LogP contribution in [-0.4, -0.2) is 54.2 Å². The summed E-state index contributed by atoms with van der Waals surface area (Å²) in [7, 11) is 0. The van der Waals surface area contributed by atoms with Crippen molar-refractivity contribution in [2.45, 2.75) is 71.9 Å². The molecule has 3 atom stereocenters. The summed E-state index contributed by atoms with van der Waals surface area (Å²) in [6.07, 6.45) is -1.72. The van der Waals surface area contributed by atoms with Crippen molar-refractivity contribution in [3.8, 4) is 11.5 Å². The molecule has 0 saturated heterocycles. The molecule has 0 spiro atoms. The molecule has 0 aliphatic heterocycles. The third-order valence-corrected chi connectivity index (χ3v) is 4.96. The monoisotopic (exact) mass is 497 g/mol. The average Bonchev–Trinajstić information content (AvgIpc) is 2.75. The van der Waals surface area contributed by atoms with Gasteiger partial charge in [0, 0.05) is 12.8 Å². The molecule has 0 aliphatic carbocycles. The maximum atomic E-state index is 12.2. The van der Waals surface area contributed by atoms with Crippen LogP contribution in [0.25, 0.3) is 0 Å². The zero-order valence-corrected chi connectivity index (χ0v) is 20.8. The molecule has 0 heterocycles. The maximum Gasteiger partial charge on any atom is 0.513 e. The van der Waals surface area contributed by atoms with Gasteiger partial charge in [0.15, 0.2) is 11.5 Å². The molecule has 0 aliphatic rings. The van der Waals surface area contributed by atoms with E-state index in [0.29, 0.717) is 12.0 Å². The lowest BCUT2D eigenvalue weighted by Gasteiger charge is -2.28. The Balaban J connectivity index is 3.12. The van der Waals surface area contributed by atoms with Gasteiger partial charge in [-0.1, -0.05) is 26.3 Å². The summed E-state index contributed by atoms with van der Waals surface area (Å²) in [4.78, 5) is 47.8. The average molecular weight is 498 g/mol. The van der Waals surface area contributed by atoms with Gasteiger partial charge in [-0.2, -0.15) is 0 Å². The van der Waals surface area contributed by atoms with Crippen LogP contribution < -0.4 is 15.2 Å². The highest BCUT2D eigenvalue weighted by atomic mass is 16.7. The van der Waals surface area contributed by atoms with Gasteiger partial charge in [0.25, 0.3) is 0 Å². The first-order valence-electron chi connectivity index (χ1n) is 11.5. The summed E-state index contributed by atoms with van der Waals surface area (Å²) in [5, 5.41) is 9.83. The second kappa shape index (κ2) is 14.1. The predicted octanol–water partition coefficient (Wildman–Crippen LogP) is 3.84. The van der Waals surface area contributed by atoms with E-state index in [9.17, 15) is 24.3 Å². The first kappa shape index (κ1) is 29.7. The Bertz CT molecular complexity index is 887. The highest BCUT2D eigenvalue weighted by Crippen LogP contribution is 2.31. The Hall–Kier alpha value is -3.34. The van der Waals surface area contributed by atoms with Gasteiger partial charge in [0.05, 0.1) is 19.1 Å². The number of hydrogen-bond donors (Lipinski definition) is 2. The van der Waals surface area contributed by atoms with Gasteiger partial charge < -0.3 is 34.5 Å². The molecule has 0 fully saturated rings. The predicted molar refractivity (Wildman–Crippen MR) is 124 cm³/mol. The molecule has 0 bridgehead atoms. The fourth-order valence-electron chi connectivity index (χ4n) is 3.32. The number of carbonyl (C=O) groups excluding carboxylic acids is 3. The quantitative estimate of drug-likeness (QED) is 0.231. The number of hydrogen-bond acceptors (Lipinski definition) is 10. The van der Waals surface area contributed by atoms with E-state index in [-0.39, 0.29) is 43.5 Å². The molecule has 11 nitrogen and oxygen atoms in total. The van der Waals surface area contributed by atoms with Gasteiger partial charge in [-0.25, -0.2) is 9.59 Å². The Labute approximate surface area is 204 Å². The number of nitrogens with two attached hydrogens (primary N) is 1. The lowest BCUT2D eigenvalue weighted by atomic mass is 9.86. The number of benzene rings is 1. The van der Waals surface area contributed by atoms with Crippen molar-refractivity contribution < 1.29 is 48.0 Å². The highest BCUT2D eigenvalue weighted by molar-refractivity contribution is 5.79. The lowest BCUT2D eigenvalue weighted by Crippen LogP contribution is -2.52. The minimum absolute atomic E-state index is 0.0466. The van der Waals surface area contributed by atoms with Crippen LogP contribution in [0.5, 0.6) is 11.5 Å². The normalized spacial score (nSPS) is 14.1. The van der Waals surface area contributed by atoms with Crippen LogP contribution in [0, 0.1) is 5.92 Å². The number of carboxylic acids is 1. The van der Waals surface area contributed by atoms with Crippen molar-refractivity contribution in [3.05, 3.63) is 23.8 Å². The molecule has 1 aromatic carbocycles. The Morgan fingerprint density at radius 3 is 2.06 bits per heavy atom. The molecule has 11 heteroatoms. The molecule has 196 valence electrons. The zero-order valence-electron chi connectivity index (χ0n) is 20.8. The topological polar surface area (TPSA) is 161 Å². The smallest absolute Gasteiger partial charge is 0.480 e. The molecule has 2 unspecified atom stereocenters. The van der Waals surface area contributed by atoms with E-state index in [0.717, 1.165) is 6.42 Å². The molecular weight excluding hydrogens is 462 g/mol. The summed E-state index contributed by atoms with van der Waals surface area (Å²) in [5.41, 5.74) is 4.77. The largest absolute Gasteiger partial charge is 0.513 e. The molecule has 3 N–H and O–H groups in total. The summed E-state index contributed by atoms with van der Waals surface area (Å²) in [6.45, 7) is 8.56. The second-order valence-corrected chi connectivity index (χ2v) is 8.13. The number of aliphatic carboxylic acids is 1. The van der Waals surface area contributed by atoms with E-state index < -0.39 is 35.9 Å². The summed E-state index contributed by atoms with van der Waals surface area (Å²) in [5.74, 6) is -2.35. The minimum Gasteiger partial charge on any atom is -0.480 e. The Morgan fingerprint density at radius 2 is 1.54 bits per heavy atom. The van der Waals surface area contributed by atoms with Crippen molar-refractivity contribution in [1.29, 1.82) is 0 Å². The third kappa shape index (κ3) is 9.81. The van der Waals surface area contributed by atoms with Gasteiger partial charge >= 0.3 is 24.2 Å². The van der Waals surface area contributed by atoms with Gasteiger partial charge in [-0.3, -0.25) is 9.59 Å². The Kier molecular flexibility index (Phi) is 12.0. The number of esters is 1. The first-order chi connectivity index (χ1) is 16.4. The molecule has 0 radical (unpaired) electrons. The highest BCUT2D eigenvalue weighted by Gasteiger charge is 2.37. The molecule has 1 aromatic rings. The van der Waals surface area contributed by atoms with Crippen LogP contribution in [-0.2, 0) is 30.2 Å².